The van der Waals surface area contributed by atoms with Crippen LogP contribution in [0.3, 0.4) is 0 Å². The fraction of sp³-hybridized carbons (Fsp3) is 0. The third-order valence-corrected chi connectivity index (χ3v) is 2.36. The molecule has 2 rings (SSSR count). The number of aromatic nitrogens is 2. The van der Waals surface area contributed by atoms with E-state index >= 15 is 0 Å². The number of anilines is 1. The molecule has 12 heavy (non-hydrogen) atoms. The van der Waals surface area contributed by atoms with Crippen LogP contribution in [0, 0.1) is 0 Å². The highest BCUT2D eigenvalue weighted by molar-refractivity contribution is 7.16. The van der Waals surface area contributed by atoms with Crippen molar-refractivity contribution in [2.24, 2.45) is 0 Å². The molecule has 2 aromatic heterocycles. The lowest BCUT2D eigenvalue weighted by atomic mass is 10.3. The summed E-state index contributed by atoms with van der Waals surface area (Å²) < 4.78 is 1.46. The number of carboxylic acids is 1. The molecule has 0 bridgehead atoms. The maximum absolute atomic E-state index is 10.7. The monoisotopic (exact) mass is 183 g/mol. The Bertz CT molecular complexity index is 445. The third-order valence-electron chi connectivity index (χ3n) is 1.49. The van der Waals surface area contributed by atoms with Gasteiger partial charge < -0.3 is 10.8 Å². The van der Waals surface area contributed by atoms with Gasteiger partial charge in [-0.05, 0) is 0 Å². The van der Waals surface area contributed by atoms with E-state index in [0.717, 1.165) is 0 Å². The minimum absolute atomic E-state index is 0.0642. The van der Waals surface area contributed by atoms with Gasteiger partial charge in [0.15, 0.2) is 5.82 Å². The summed E-state index contributed by atoms with van der Waals surface area (Å²) in [5.41, 5.74) is 5.48. The highest BCUT2D eigenvalue weighted by atomic mass is 32.1. The Hall–Kier alpha value is -1.56. The smallest absolute Gasteiger partial charge is 0.342 e. The molecule has 0 saturated carbocycles. The quantitative estimate of drug-likeness (QED) is 0.681. The summed E-state index contributed by atoms with van der Waals surface area (Å²) in [5, 5.41) is 14.3. The molecule has 62 valence electrons. The number of nitrogen functional groups attached to an aromatic ring is 1. The molecule has 6 heteroatoms. The SMILES string of the molecule is Nc1nn2ccsc2c1C(=O)O. The van der Waals surface area contributed by atoms with Crippen LogP contribution in [-0.2, 0) is 0 Å². The largest absolute Gasteiger partial charge is 0.477 e. The minimum atomic E-state index is -1.04. The summed E-state index contributed by atoms with van der Waals surface area (Å²) in [5.74, 6) is -0.973. The predicted molar refractivity (Wildman–Crippen MR) is 44.4 cm³/mol. The molecule has 0 saturated heterocycles. The maximum Gasteiger partial charge on any atom is 0.342 e. The minimum Gasteiger partial charge on any atom is -0.477 e. The van der Waals surface area contributed by atoms with Crippen molar-refractivity contribution in [2.75, 3.05) is 5.73 Å². The number of nitrogens with two attached hydrogens (primary N) is 1. The molecule has 0 aromatic carbocycles. The highest BCUT2D eigenvalue weighted by Crippen LogP contribution is 2.21. The molecule has 0 fully saturated rings. The van der Waals surface area contributed by atoms with Gasteiger partial charge in [0.25, 0.3) is 0 Å². The van der Waals surface area contributed by atoms with Gasteiger partial charge in [0.05, 0.1) is 0 Å². The number of rotatable bonds is 1. The summed E-state index contributed by atoms with van der Waals surface area (Å²) in [7, 11) is 0. The van der Waals surface area contributed by atoms with E-state index in [1.807, 2.05) is 0 Å². The molecule has 2 heterocycles. The zero-order valence-corrected chi connectivity index (χ0v) is 6.71. The van der Waals surface area contributed by atoms with E-state index in [1.54, 1.807) is 11.6 Å². The van der Waals surface area contributed by atoms with Crippen LogP contribution in [0.25, 0.3) is 4.83 Å². The van der Waals surface area contributed by atoms with Gasteiger partial charge in [-0.25, -0.2) is 9.31 Å². The molecule has 2 aromatic rings. The van der Waals surface area contributed by atoms with E-state index in [4.69, 9.17) is 10.8 Å². The van der Waals surface area contributed by atoms with Gasteiger partial charge in [-0.3, -0.25) is 0 Å². The Morgan fingerprint density at radius 2 is 2.50 bits per heavy atom. The molecule has 0 atom stereocenters. The van der Waals surface area contributed by atoms with Crippen molar-refractivity contribution in [2.45, 2.75) is 0 Å². The van der Waals surface area contributed by atoms with Crippen LogP contribution in [0.5, 0.6) is 0 Å². The number of carboxylic acid groups (broad SMARTS) is 1. The average Bonchev–Trinajstić information content (AvgIpc) is 2.44. The summed E-state index contributed by atoms with van der Waals surface area (Å²) >= 11 is 1.30. The van der Waals surface area contributed by atoms with Crippen molar-refractivity contribution < 1.29 is 9.90 Å². The Morgan fingerprint density at radius 3 is 3.17 bits per heavy atom. The number of hydrogen-bond acceptors (Lipinski definition) is 4. The van der Waals surface area contributed by atoms with Gasteiger partial charge in [0.1, 0.15) is 10.4 Å². The molecule has 5 nitrogen and oxygen atoms in total. The molecular formula is C6H5N3O2S. The molecule has 3 N–H and O–H groups in total. The molecule has 0 amide bonds. The Morgan fingerprint density at radius 1 is 1.75 bits per heavy atom. The van der Waals surface area contributed by atoms with Gasteiger partial charge in [0, 0.05) is 11.6 Å². The van der Waals surface area contributed by atoms with Gasteiger partial charge in [-0.15, -0.1) is 16.4 Å². The number of hydrogen-bond donors (Lipinski definition) is 2. The van der Waals surface area contributed by atoms with Crippen molar-refractivity contribution in [3.63, 3.8) is 0 Å². The zero-order valence-electron chi connectivity index (χ0n) is 5.89. The first kappa shape index (κ1) is 7.11. The third kappa shape index (κ3) is 0.782. The van der Waals surface area contributed by atoms with Gasteiger partial charge >= 0.3 is 5.97 Å². The highest BCUT2D eigenvalue weighted by Gasteiger charge is 2.17. The number of nitrogens with zero attached hydrogens (tertiary/aromatic N) is 2. The van der Waals surface area contributed by atoms with Crippen LogP contribution in [0.1, 0.15) is 10.4 Å². The van der Waals surface area contributed by atoms with E-state index in [-0.39, 0.29) is 11.4 Å². The molecule has 0 aliphatic carbocycles. The molecule has 0 radical (unpaired) electrons. The van der Waals surface area contributed by atoms with Crippen LogP contribution >= 0.6 is 11.3 Å². The van der Waals surface area contributed by atoms with E-state index < -0.39 is 5.97 Å². The van der Waals surface area contributed by atoms with Crippen LogP contribution in [0.4, 0.5) is 5.82 Å². The van der Waals surface area contributed by atoms with Crippen molar-refractivity contribution in [1.82, 2.24) is 9.61 Å². The normalized spacial score (nSPS) is 10.7. The topological polar surface area (TPSA) is 80.6 Å². The van der Waals surface area contributed by atoms with Crippen LogP contribution in [-0.4, -0.2) is 20.7 Å². The van der Waals surface area contributed by atoms with Crippen LogP contribution < -0.4 is 5.73 Å². The number of carbonyl (C=O) groups is 1. The summed E-state index contributed by atoms with van der Waals surface area (Å²) in [6.45, 7) is 0. The molecule has 0 aliphatic heterocycles. The van der Waals surface area contributed by atoms with E-state index in [1.165, 1.54) is 15.9 Å². The lowest BCUT2D eigenvalue weighted by Crippen LogP contribution is -1.99. The lowest BCUT2D eigenvalue weighted by Gasteiger charge is -1.86. The average molecular weight is 183 g/mol. The van der Waals surface area contributed by atoms with Crippen molar-refractivity contribution in [1.29, 1.82) is 0 Å². The number of thiazole rings is 1. The Labute approximate surface area is 71.0 Å². The fourth-order valence-electron chi connectivity index (χ4n) is 1.00. The lowest BCUT2D eigenvalue weighted by molar-refractivity contribution is 0.0700. The molecule has 0 unspecified atom stereocenters. The van der Waals surface area contributed by atoms with Crippen LogP contribution in [0.15, 0.2) is 11.6 Å². The first-order valence-corrected chi connectivity index (χ1v) is 4.02. The molecule has 0 aliphatic rings. The van der Waals surface area contributed by atoms with Gasteiger partial charge in [-0.1, -0.05) is 0 Å². The van der Waals surface area contributed by atoms with E-state index in [2.05, 4.69) is 5.10 Å². The molecule has 0 spiro atoms. The second-order valence-corrected chi connectivity index (χ2v) is 3.11. The van der Waals surface area contributed by atoms with E-state index in [0.29, 0.717) is 4.83 Å². The summed E-state index contributed by atoms with van der Waals surface area (Å²) in [4.78, 5) is 11.2. The second kappa shape index (κ2) is 2.21. The van der Waals surface area contributed by atoms with Crippen molar-refractivity contribution in [3.8, 4) is 0 Å². The molecular weight excluding hydrogens is 178 g/mol. The summed E-state index contributed by atoms with van der Waals surface area (Å²) in [6.07, 6.45) is 1.67. The number of fused-ring (bicyclic) bond motifs is 1. The maximum atomic E-state index is 10.7. The standard InChI is InChI=1S/C6H5N3O2S/c7-4-3(6(10)11)5-9(8-4)1-2-12-5/h1-2H,(H2,7,8)(H,10,11). The fourth-order valence-corrected chi connectivity index (χ4v) is 1.83. The zero-order chi connectivity index (χ0) is 8.72. The first-order chi connectivity index (χ1) is 5.70. The van der Waals surface area contributed by atoms with Gasteiger partial charge in [0.2, 0.25) is 0 Å². The predicted octanol–water partition coefficient (Wildman–Crippen LogP) is 0.676. The van der Waals surface area contributed by atoms with Gasteiger partial charge in [-0.2, -0.15) is 0 Å². The second-order valence-electron chi connectivity index (χ2n) is 2.22. The van der Waals surface area contributed by atoms with Crippen LogP contribution in [0.2, 0.25) is 0 Å². The Kier molecular flexibility index (Phi) is 1.31. The number of aromatic carboxylic acids is 1. The van der Waals surface area contributed by atoms with Crippen molar-refractivity contribution >= 4 is 28.0 Å². The first-order valence-electron chi connectivity index (χ1n) is 3.14. The summed E-state index contributed by atoms with van der Waals surface area (Å²) in [6, 6.07) is 0. The van der Waals surface area contributed by atoms with Crippen molar-refractivity contribution in [3.05, 3.63) is 17.1 Å². The van der Waals surface area contributed by atoms with E-state index in [9.17, 15) is 4.79 Å². The Balaban J connectivity index is 2.84.